The Hall–Kier alpha value is -2.62. The van der Waals surface area contributed by atoms with Crippen molar-refractivity contribution in [1.29, 1.82) is 0 Å². The molecule has 0 spiro atoms. The lowest BCUT2D eigenvalue weighted by Gasteiger charge is -2.17. The number of hydrogen-bond donors (Lipinski definition) is 2. The molecule has 24 heavy (non-hydrogen) atoms. The zero-order valence-electron chi connectivity index (χ0n) is 13.7. The van der Waals surface area contributed by atoms with Crippen LogP contribution in [-0.2, 0) is 22.4 Å². The van der Waals surface area contributed by atoms with Crippen molar-refractivity contribution < 1.29 is 14.7 Å². The van der Waals surface area contributed by atoms with Crippen molar-refractivity contribution in [2.45, 2.75) is 25.7 Å². The SMILES string of the molecule is O=C(O)CCCNC(=O)C(Cc1ccccc1)Cc1ccccc1. The zero-order valence-corrected chi connectivity index (χ0v) is 13.7. The van der Waals surface area contributed by atoms with Gasteiger partial charge in [-0.05, 0) is 30.4 Å². The molecular formula is C20H23NO3. The van der Waals surface area contributed by atoms with Gasteiger partial charge in [-0.2, -0.15) is 0 Å². The molecule has 0 aliphatic heterocycles. The van der Waals surface area contributed by atoms with Crippen molar-refractivity contribution in [3.63, 3.8) is 0 Å². The number of aliphatic carboxylic acids is 1. The molecule has 0 heterocycles. The lowest BCUT2D eigenvalue weighted by molar-refractivity contribution is -0.137. The van der Waals surface area contributed by atoms with E-state index in [4.69, 9.17) is 5.11 Å². The molecule has 0 saturated carbocycles. The lowest BCUT2D eigenvalue weighted by atomic mass is 9.91. The minimum Gasteiger partial charge on any atom is -0.481 e. The highest BCUT2D eigenvalue weighted by molar-refractivity contribution is 5.79. The Bertz CT molecular complexity index is 599. The van der Waals surface area contributed by atoms with Gasteiger partial charge in [0.1, 0.15) is 0 Å². The topological polar surface area (TPSA) is 66.4 Å². The molecule has 1 amide bonds. The van der Waals surface area contributed by atoms with E-state index in [1.54, 1.807) is 0 Å². The first-order valence-corrected chi connectivity index (χ1v) is 8.22. The highest BCUT2D eigenvalue weighted by atomic mass is 16.4. The number of hydrogen-bond acceptors (Lipinski definition) is 2. The molecule has 2 N–H and O–H groups in total. The number of carbonyl (C=O) groups is 2. The highest BCUT2D eigenvalue weighted by Crippen LogP contribution is 2.15. The minimum absolute atomic E-state index is 0.0203. The fourth-order valence-electron chi connectivity index (χ4n) is 2.65. The molecule has 2 aromatic rings. The molecule has 0 saturated heterocycles. The Balaban J connectivity index is 1.98. The summed E-state index contributed by atoms with van der Waals surface area (Å²) in [5.41, 5.74) is 2.25. The van der Waals surface area contributed by atoms with Crippen molar-refractivity contribution in [2.24, 2.45) is 5.92 Å². The van der Waals surface area contributed by atoms with Gasteiger partial charge in [0.2, 0.25) is 5.91 Å². The molecule has 2 aromatic carbocycles. The van der Waals surface area contributed by atoms with Crippen molar-refractivity contribution in [2.75, 3.05) is 6.54 Å². The van der Waals surface area contributed by atoms with E-state index < -0.39 is 5.97 Å². The van der Waals surface area contributed by atoms with Gasteiger partial charge >= 0.3 is 5.97 Å². The number of carboxylic acids is 1. The van der Waals surface area contributed by atoms with Gasteiger partial charge in [-0.25, -0.2) is 0 Å². The molecule has 0 fully saturated rings. The number of nitrogens with one attached hydrogen (secondary N) is 1. The third-order valence-electron chi connectivity index (χ3n) is 3.89. The second-order valence-electron chi connectivity index (χ2n) is 5.86. The predicted octanol–water partition coefficient (Wildman–Crippen LogP) is 3.07. The third kappa shape index (κ3) is 6.24. The second-order valence-corrected chi connectivity index (χ2v) is 5.86. The molecule has 0 atom stereocenters. The van der Waals surface area contributed by atoms with E-state index in [1.165, 1.54) is 0 Å². The maximum absolute atomic E-state index is 12.5. The van der Waals surface area contributed by atoms with Crippen LogP contribution >= 0.6 is 0 Å². The van der Waals surface area contributed by atoms with Gasteiger partial charge in [0.25, 0.3) is 0 Å². The fourth-order valence-corrected chi connectivity index (χ4v) is 2.65. The Morgan fingerprint density at radius 3 is 1.83 bits per heavy atom. The Kier molecular flexibility index (Phi) is 7.02. The van der Waals surface area contributed by atoms with Crippen LogP contribution in [0.1, 0.15) is 24.0 Å². The van der Waals surface area contributed by atoms with Crippen molar-refractivity contribution in [3.05, 3.63) is 71.8 Å². The summed E-state index contributed by atoms with van der Waals surface area (Å²) in [5.74, 6) is -1.03. The molecular weight excluding hydrogens is 302 g/mol. The van der Waals surface area contributed by atoms with E-state index in [-0.39, 0.29) is 18.2 Å². The molecule has 4 heteroatoms. The molecule has 0 bridgehead atoms. The monoisotopic (exact) mass is 325 g/mol. The normalized spacial score (nSPS) is 10.5. The first-order chi connectivity index (χ1) is 11.6. The van der Waals surface area contributed by atoms with Crippen LogP contribution < -0.4 is 5.32 Å². The van der Waals surface area contributed by atoms with Gasteiger partial charge in [-0.15, -0.1) is 0 Å². The summed E-state index contributed by atoms with van der Waals surface area (Å²) in [4.78, 5) is 23.1. The quantitative estimate of drug-likeness (QED) is 0.696. The van der Waals surface area contributed by atoms with E-state index in [0.717, 1.165) is 11.1 Å². The number of carbonyl (C=O) groups excluding carboxylic acids is 1. The van der Waals surface area contributed by atoms with Crippen molar-refractivity contribution >= 4 is 11.9 Å². The van der Waals surface area contributed by atoms with Gasteiger partial charge in [-0.3, -0.25) is 9.59 Å². The molecule has 4 nitrogen and oxygen atoms in total. The molecule has 0 aromatic heterocycles. The Morgan fingerprint density at radius 2 is 1.38 bits per heavy atom. The van der Waals surface area contributed by atoms with Gasteiger partial charge in [0, 0.05) is 18.9 Å². The largest absolute Gasteiger partial charge is 0.481 e. The van der Waals surface area contributed by atoms with E-state index >= 15 is 0 Å². The number of rotatable bonds is 9. The summed E-state index contributed by atoms with van der Waals surface area (Å²) in [7, 11) is 0. The summed E-state index contributed by atoms with van der Waals surface area (Å²) in [6, 6.07) is 19.9. The Labute approximate surface area is 142 Å². The van der Waals surface area contributed by atoms with Crippen LogP contribution in [0, 0.1) is 5.92 Å². The average Bonchev–Trinajstić information content (AvgIpc) is 2.59. The van der Waals surface area contributed by atoms with Gasteiger partial charge < -0.3 is 10.4 Å². The summed E-state index contributed by atoms with van der Waals surface area (Å²) in [6.45, 7) is 0.394. The summed E-state index contributed by atoms with van der Waals surface area (Å²) < 4.78 is 0. The predicted molar refractivity (Wildman–Crippen MR) is 93.7 cm³/mol. The summed E-state index contributed by atoms with van der Waals surface area (Å²) in [6.07, 6.45) is 1.85. The second kappa shape index (κ2) is 9.50. The number of carboxylic acid groups (broad SMARTS) is 1. The lowest BCUT2D eigenvalue weighted by Crippen LogP contribution is -2.34. The first kappa shape index (κ1) is 17.7. The highest BCUT2D eigenvalue weighted by Gasteiger charge is 2.19. The van der Waals surface area contributed by atoms with Crippen LogP contribution in [0.5, 0.6) is 0 Å². The average molecular weight is 325 g/mol. The van der Waals surface area contributed by atoms with Crippen LogP contribution in [0.25, 0.3) is 0 Å². The van der Waals surface area contributed by atoms with Crippen LogP contribution in [0.15, 0.2) is 60.7 Å². The number of amides is 1. The molecule has 0 aliphatic rings. The minimum atomic E-state index is -0.839. The standard InChI is InChI=1S/C20H23NO3/c22-19(23)12-7-13-21-20(24)18(14-16-8-3-1-4-9-16)15-17-10-5-2-6-11-17/h1-6,8-11,18H,7,12-15H2,(H,21,24)(H,22,23). The fraction of sp³-hybridized carbons (Fsp3) is 0.300. The summed E-state index contributed by atoms with van der Waals surface area (Å²) >= 11 is 0. The maximum Gasteiger partial charge on any atom is 0.303 e. The molecule has 0 aliphatic carbocycles. The van der Waals surface area contributed by atoms with Crippen molar-refractivity contribution in [3.8, 4) is 0 Å². The molecule has 126 valence electrons. The van der Waals surface area contributed by atoms with Crippen LogP contribution in [0.2, 0.25) is 0 Å². The zero-order chi connectivity index (χ0) is 17.2. The van der Waals surface area contributed by atoms with E-state index in [0.29, 0.717) is 25.8 Å². The van der Waals surface area contributed by atoms with E-state index in [2.05, 4.69) is 5.32 Å². The third-order valence-corrected chi connectivity index (χ3v) is 3.89. The first-order valence-electron chi connectivity index (χ1n) is 8.22. The van der Waals surface area contributed by atoms with Gasteiger partial charge in [-0.1, -0.05) is 60.7 Å². The van der Waals surface area contributed by atoms with Gasteiger partial charge in [0.15, 0.2) is 0 Å². The van der Waals surface area contributed by atoms with Gasteiger partial charge in [0.05, 0.1) is 0 Å². The van der Waals surface area contributed by atoms with Crippen LogP contribution in [0.4, 0.5) is 0 Å². The smallest absolute Gasteiger partial charge is 0.303 e. The summed E-state index contributed by atoms with van der Waals surface area (Å²) in [5, 5.41) is 11.5. The maximum atomic E-state index is 12.5. The van der Waals surface area contributed by atoms with Crippen LogP contribution in [-0.4, -0.2) is 23.5 Å². The number of benzene rings is 2. The molecule has 0 radical (unpaired) electrons. The van der Waals surface area contributed by atoms with E-state index in [1.807, 2.05) is 60.7 Å². The van der Waals surface area contributed by atoms with E-state index in [9.17, 15) is 9.59 Å². The Morgan fingerprint density at radius 1 is 0.875 bits per heavy atom. The molecule has 2 rings (SSSR count). The van der Waals surface area contributed by atoms with Crippen molar-refractivity contribution in [1.82, 2.24) is 5.32 Å². The van der Waals surface area contributed by atoms with Crippen LogP contribution in [0.3, 0.4) is 0 Å². The molecule has 0 unspecified atom stereocenters.